The molecule has 106 valence electrons. The summed E-state index contributed by atoms with van der Waals surface area (Å²) in [5.41, 5.74) is 4.92. The molecule has 3 rings (SSSR count). The van der Waals surface area contributed by atoms with Gasteiger partial charge in [-0.3, -0.25) is 9.20 Å². The van der Waals surface area contributed by atoms with Crippen molar-refractivity contribution in [1.82, 2.24) is 9.38 Å². The Labute approximate surface area is 118 Å². The number of aromatic carboxylic acids is 1. The maximum atomic E-state index is 11.5. The summed E-state index contributed by atoms with van der Waals surface area (Å²) >= 11 is 1.37. The van der Waals surface area contributed by atoms with Gasteiger partial charge >= 0.3 is 5.97 Å². The van der Waals surface area contributed by atoms with Gasteiger partial charge in [0, 0.05) is 24.7 Å². The molecule has 0 aliphatic carbocycles. The van der Waals surface area contributed by atoms with Gasteiger partial charge in [0.25, 0.3) is 0 Å². The first-order valence-corrected chi connectivity index (χ1v) is 7.04. The number of anilines is 1. The highest BCUT2D eigenvalue weighted by molar-refractivity contribution is 7.15. The van der Waals surface area contributed by atoms with Crippen LogP contribution in [0.1, 0.15) is 23.8 Å². The van der Waals surface area contributed by atoms with E-state index in [0.717, 1.165) is 0 Å². The van der Waals surface area contributed by atoms with Crippen LogP contribution < -0.4 is 10.6 Å². The molecule has 0 aromatic carbocycles. The van der Waals surface area contributed by atoms with E-state index < -0.39 is 11.4 Å². The van der Waals surface area contributed by atoms with Crippen molar-refractivity contribution < 1.29 is 14.7 Å². The number of aromatic nitrogens is 2. The number of carbonyl (C=O) groups excluding carboxylic acids is 1. The lowest BCUT2D eigenvalue weighted by Crippen LogP contribution is -2.37. The van der Waals surface area contributed by atoms with Crippen molar-refractivity contribution in [1.29, 1.82) is 0 Å². The van der Waals surface area contributed by atoms with E-state index in [2.05, 4.69) is 4.98 Å². The van der Waals surface area contributed by atoms with Crippen LogP contribution in [0, 0.1) is 5.41 Å². The SMILES string of the molecule is CC1(C(N)=O)CCN(c2nc3sccn3c2C(=O)O)C1. The summed E-state index contributed by atoms with van der Waals surface area (Å²) in [6.07, 6.45) is 2.29. The van der Waals surface area contributed by atoms with Crippen LogP contribution in [-0.2, 0) is 4.79 Å². The molecule has 2 aromatic rings. The Bertz CT molecular complexity index is 707. The number of carboxylic acids is 1. The van der Waals surface area contributed by atoms with E-state index in [4.69, 9.17) is 5.73 Å². The zero-order valence-electron chi connectivity index (χ0n) is 10.9. The molecule has 1 unspecified atom stereocenters. The van der Waals surface area contributed by atoms with Crippen LogP contribution in [0.25, 0.3) is 4.96 Å². The Morgan fingerprint density at radius 1 is 1.55 bits per heavy atom. The fourth-order valence-corrected chi connectivity index (χ4v) is 3.25. The number of nitrogens with zero attached hydrogens (tertiary/aromatic N) is 3. The Morgan fingerprint density at radius 2 is 2.30 bits per heavy atom. The quantitative estimate of drug-likeness (QED) is 0.871. The molecule has 1 amide bonds. The second-order valence-electron chi connectivity index (χ2n) is 5.24. The molecular weight excluding hydrogens is 280 g/mol. The van der Waals surface area contributed by atoms with Crippen LogP contribution in [-0.4, -0.2) is 39.5 Å². The summed E-state index contributed by atoms with van der Waals surface area (Å²) < 4.78 is 1.56. The number of hydrogen-bond acceptors (Lipinski definition) is 5. The lowest BCUT2D eigenvalue weighted by Gasteiger charge is -2.21. The van der Waals surface area contributed by atoms with E-state index in [-0.39, 0.29) is 11.6 Å². The molecule has 1 atom stereocenters. The number of carbonyl (C=O) groups is 2. The number of primary amides is 1. The molecular formula is C12H14N4O3S. The highest BCUT2D eigenvalue weighted by Crippen LogP contribution is 2.35. The van der Waals surface area contributed by atoms with Crippen LogP contribution in [0.5, 0.6) is 0 Å². The Balaban J connectivity index is 2.03. The topological polar surface area (TPSA) is 101 Å². The van der Waals surface area contributed by atoms with Crippen molar-refractivity contribution in [3.8, 4) is 0 Å². The number of amides is 1. The molecule has 0 saturated carbocycles. The minimum atomic E-state index is -1.03. The molecule has 7 nitrogen and oxygen atoms in total. The fraction of sp³-hybridized carbons (Fsp3) is 0.417. The first kappa shape index (κ1) is 12.9. The third-order valence-corrected chi connectivity index (χ3v) is 4.57. The number of thiazole rings is 1. The Morgan fingerprint density at radius 3 is 2.90 bits per heavy atom. The normalized spacial score (nSPS) is 22.6. The summed E-state index contributed by atoms with van der Waals surface area (Å²) in [5, 5.41) is 11.2. The van der Waals surface area contributed by atoms with Crippen LogP contribution in [0.2, 0.25) is 0 Å². The number of imidazole rings is 1. The van der Waals surface area contributed by atoms with E-state index >= 15 is 0 Å². The summed E-state index contributed by atoms with van der Waals surface area (Å²) in [7, 11) is 0. The van der Waals surface area contributed by atoms with E-state index in [1.54, 1.807) is 22.9 Å². The van der Waals surface area contributed by atoms with Gasteiger partial charge in [0.1, 0.15) is 0 Å². The molecule has 20 heavy (non-hydrogen) atoms. The standard InChI is InChI=1S/C12H14N4O3S/c1-12(10(13)19)2-3-15(6-12)8-7(9(17)18)16-4-5-20-11(16)14-8/h4-5H,2-3,6H2,1H3,(H2,13,19)(H,17,18). The van der Waals surface area contributed by atoms with Gasteiger partial charge in [-0.25, -0.2) is 9.78 Å². The Hall–Kier alpha value is -2.09. The largest absolute Gasteiger partial charge is 0.476 e. The van der Waals surface area contributed by atoms with Crippen molar-refractivity contribution >= 4 is 34.0 Å². The van der Waals surface area contributed by atoms with E-state index in [1.165, 1.54) is 11.3 Å². The molecule has 1 saturated heterocycles. The monoisotopic (exact) mass is 294 g/mol. The third kappa shape index (κ3) is 1.75. The number of carboxylic acid groups (broad SMARTS) is 1. The molecule has 3 heterocycles. The highest BCUT2D eigenvalue weighted by Gasteiger charge is 2.41. The maximum Gasteiger partial charge on any atom is 0.356 e. The maximum absolute atomic E-state index is 11.5. The second-order valence-corrected chi connectivity index (χ2v) is 6.11. The summed E-state index contributed by atoms with van der Waals surface area (Å²) in [6, 6.07) is 0. The number of rotatable bonds is 3. The molecule has 0 bridgehead atoms. The molecule has 1 aliphatic heterocycles. The van der Waals surface area contributed by atoms with Gasteiger partial charge in [0.2, 0.25) is 5.91 Å². The second kappa shape index (κ2) is 4.20. The first-order valence-electron chi connectivity index (χ1n) is 6.16. The summed E-state index contributed by atoms with van der Waals surface area (Å²) in [4.78, 5) is 29.8. The Kier molecular flexibility index (Phi) is 2.72. The third-order valence-electron chi connectivity index (χ3n) is 3.81. The molecule has 8 heteroatoms. The number of nitrogens with two attached hydrogens (primary N) is 1. The van der Waals surface area contributed by atoms with Crippen molar-refractivity contribution in [3.63, 3.8) is 0 Å². The van der Waals surface area contributed by atoms with Crippen LogP contribution >= 0.6 is 11.3 Å². The van der Waals surface area contributed by atoms with Gasteiger partial charge in [-0.05, 0) is 13.3 Å². The predicted octanol–water partition coefficient (Wildman–Crippen LogP) is 0.796. The molecule has 0 radical (unpaired) electrons. The van der Waals surface area contributed by atoms with Gasteiger partial charge in [-0.15, -0.1) is 11.3 Å². The first-order chi connectivity index (χ1) is 9.42. The number of fused-ring (bicyclic) bond motifs is 1. The average Bonchev–Trinajstić information content (AvgIpc) is 3.00. The molecule has 0 spiro atoms. The highest BCUT2D eigenvalue weighted by atomic mass is 32.1. The lowest BCUT2D eigenvalue weighted by molar-refractivity contribution is -0.125. The van der Waals surface area contributed by atoms with Crippen LogP contribution in [0.4, 0.5) is 5.82 Å². The smallest absolute Gasteiger partial charge is 0.356 e. The van der Waals surface area contributed by atoms with Gasteiger partial charge in [0.15, 0.2) is 16.5 Å². The van der Waals surface area contributed by atoms with Crippen molar-refractivity contribution in [2.24, 2.45) is 11.1 Å². The van der Waals surface area contributed by atoms with Gasteiger partial charge in [-0.1, -0.05) is 0 Å². The predicted molar refractivity (Wildman–Crippen MR) is 74.2 cm³/mol. The minimum Gasteiger partial charge on any atom is -0.476 e. The van der Waals surface area contributed by atoms with Crippen LogP contribution in [0.3, 0.4) is 0 Å². The van der Waals surface area contributed by atoms with E-state index in [9.17, 15) is 14.7 Å². The number of hydrogen-bond donors (Lipinski definition) is 2. The molecule has 3 N–H and O–H groups in total. The van der Waals surface area contributed by atoms with E-state index in [1.807, 2.05) is 4.90 Å². The zero-order chi connectivity index (χ0) is 14.5. The average molecular weight is 294 g/mol. The molecule has 1 aliphatic rings. The fourth-order valence-electron chi connectivity index (χ4n) is 2.54. The van der Waals surface area contributed by atoms with Crippen molar-refractivity contribution in [3.05, 3.63) is 17.3 Å². The van der Waals surface area contributed by atoms with Crippen molar-refractivity contribution in [2.75, 3.05) is 18.0 Å². The lowest BCUT2D eigenvalue weighted by atomic mass is 9.89. The zero-order valence-corrected chi connectivity index (χ0v) is 11.7. The van der Waals surface area contributed by atoms with Gasteiger partial charge in [0.05, 0.1) is 5.41 Å². The van der Waals surface area contributed by atoms with Crippen LogP contribution in [0.15, 0.2) is 11.6 Å². The van der Waals surface area contributed by atoms with Crippen molar-refractivity contribution in [2.45, 2.75) is 13.3 Å². The molecule has 2 aromatic heterocycles. The summed E-state index contributed by atoms with van der Waals surface area (Å²) in [6.45, 7) is 2.77. The summed E-state index contributed by atoms with van der Waals surface area (Å²) in [5.74, 6) is -0.981. The van der Waals surface area contributed by atoms with E-state index in [0.29, 0.717) is 30.3 Å². The van der Waals surface area contributed by atoms with Gasteiger partial charge in [-0.2, -0.15) is 0 Å². The van der Waals surface area contributed by atoms with Gasteiger partial charge < -0.3 is 15.7 Å². The molecule has 1 fully saturated rings. The minimum absolute atomic E-state index is 0.134.